The Labute approximate surface area is 139 Å². The van der Waals surface area contributed by atoms with Gasteiger partial charge in [-0.25, -0.2) is 0 Å². The van der Waals surface area contributed by atoms with Crippen molar-refractivity contribution in [3.63, 3.8) is 0 Å². The highest BCUT2D eigenvalue weighted by atomic mass is 16.1. The molecule has 3 rings (SSSR count). The lowest BCUT2D eigenvalue weighted by Crippen LogP contribution is -2.29. The van der Waals surface area contributed by atoms with Crippen LogP contribution in [0.5, 0.6) is 0 Å². The van der Waals surface area contributed by atoms with E-state index in [4.69, 9.17) is 0 Å². The van der Waals surface area contributed by atoms with E-state index in [1.807, 2.05) is 12.1 Å². The lowest BCUT2D eigenvalue weighted by atomic mass is 9.99. The molecule has 1 fully saturated rings. The van der Waals surface area contributed by atoms with Crippen molar-refractivity contribution in [1.29, 1.82) is 0 Å². The third-order valence-electron chi connectivity index (χ3n) is 4.93. The molecular formula is C20H28N2O. The lowest BCUT2D eigenvalue weighted by Gasteiger charge is -2.26. The van der Waals surface area contributed by atoms with Crippen LogP contribution in [-0.4, -0.2) is 30.4 Å². The molecule has 0 atom stereocenters. The van der Waals surface area contributed by atoms with Crippen molar-refractivity contribution in [2.24, 2.45) is 0 Å². The number of amides is 1. The van der Waals surface area contributed by atoms with E-state index < -0.39 is 0 Å². The van der Waals surface area contributed by atoms with Crippen LogP contribution in [0.2, 0.25) is 0 Å². The Morgan fingerprint density at radius 3 is 2.48 bits per heavy atom. The molecule has 3 heteroatoms. The molecule has 1 heterocycles. The molecule has 3 nitrogen and oxygen atoms in total. The highest BCUT2D eigenvalue weighted by Gasteiger charge is 2.11. The molecular weight excluding hydrogens is 284 g/mol. The van der Waals surface area contributed by atoms with Crippen LogP contribution in [0.4, 0.5) is 0 Å². The van der Waals surface area contributed by atoms with E-state index in [1.165, 1.54) is 56.3 Å². The highest BCUT2D eigenvalue weighted by Crippen LogP contribution is 2.17. The number of carbonyl (C=O) groups is 1. The molecule has 124 valence electrons. The maximum absolute atomic E-state index is 12.2. The first-order chi connectivity index (χ1) is 11.3. The second kappa shape index (κ2) is 8.30. The maximum atomic E-state index is 12.2. The Morgan fingerprint density at radius 1 is 1.00 bits per heavy atom. The summed E-state index contributed by atoms with van der Waals surface area (Å²) < 4.78 is 0. The van der Waals surface area contributed by atoms with Gasteiger partial charge in [0.2, 0.25) is 0 Å². The second-order valence-corrected chi connectivity index (χ2v) is 6.82. The molecule has 1 saturated heterocycles. The van der Waals surface area contributed by atoms with E-state index in [0.29, 0.717) is 6.54 Å². The normalized spacial score (nSPS) is 19.2. The van der Waals surface area contributed by atoms with Gasteiger partial charge in [-0.05, 0) is 69.3 Å². The standard InChI is InChI=1S/C20H28N2O/c23-20(21-15-17-7-3-1-4-8-17)19-11-9-18(10-12-19)16-22-13-5-2-6-14-22/h7,9-12H,1-6,8,13-16H2,(H,21,23). The first-order valence-electron chi connectivity index (χ1n) is 9.09. The first-order valence-corrected chi connectivity index (χ1v) is 9.09. The molecule has 1 amide bonds. The summed E-state index contributed by atoms with van der Waals surface area (Å²) in [4.78, 5) is 14.7. The zero-order chi connectivity index (χ0) is 15.9. The van der Waals surface area contributed by atoms with E-state index in [9.17, 15) is 4.79 Å². The number of carbonyl (C=O) groups excluding carboxylic acids is 1. The van der Waals surface area contributed by atoms with Gasteiger partial charge in [-0.1, -0.05) is 30.2 Å². The van der Waals surface area contributed by atoms with Gasteiger partial charge < -0.3 is 5.32 Å². The second-order valence-electron chi connectivity index (χ2n) is 6.82. The smallest absolute Gasteiger partial charge is 0.251 e. The Hall–Kier alpha value is -1.61. The number of benzene rings is 1. The van der Waals surface area contributed by atoms with Gasteiger partial charge in [-0.3, -0.25) is 9.69 Å². The number of rotatable bonds is 5. The van der Waals surface area contributed by atoms with Crippen molar-refractivity contribution in [2.45, 2.75) is 51.5 Å². The predicted molar refractivity (Wildman–Crippen MR) is 94.5 cm³/mol. The SMILES string of the molecule is O=C(NCC1=CCCCC1)c1ccc(CN2CCCCC2)cc1. The summed E-state index contributed by atoms with van der Waals surface area (Å²) in [7, 11) is 0. The molecule has 23 heavy (non-hydrogen) atoms. The van der Waals surface area contributed by atoms with Crippen molar-refractivity contribution in [1.82, 2.24) is 10.2 Å². The average Bonchev–Trinajstić information content (AvgIpc) is 2.62. The number of likely N-dealkylation sites (tertiary alicyclic amines) is 1. The fourth-order valence-corrected chi connectivity index (χ4v) is 3.50. The van der Waals surface area contributed by atoms with Gasteiger partial charge in [-0.15, -0.1) is 0 Å². The minimum absolute atomic E-state index is 0.0426. The average molecular weight is 312 g/mol. The van der Waals surface area contributed by atoms with E-state index in [2.05, 4.69) is 28.4 Å². The lowest BCUT2D eigenvalue weighted by molar-refractivity contribution is 0.0956. The van der Waals surface area contributed by atoms with Crippen LogP contribution in [0, 0.1) is 0 Å². The van der Waals surface area contributed by atoms with E-state index in [-0.39, 0.29) is 5.91 Å². The molecule has 1 N–H and O–H groups in total. The van der Waals surface area contributed by atoms with Crippen LogP contribution in [0.3, 0.4) is 0 Å². The number of nitrogens with one attached hydrogen (secondary N) is 1. The van der Waals surface area contributed by atoms with Crippen molar-refractivity contribution in [3.05, 3.63) is 47.0 Å². The van der Waals surface area contributed by atoms with Crippen molar-refractivity contribution >= 4 is 5.91 Å². The monoisotopic (exact) mass is 312 g/mol. The molecule has 0 unspecified atom stereocenters. The number of allylic oxidation sites excluding steroid dienone is 1. The molecule has 0 saturated carbocycles. The summed E-state index contributed by atoms with van der Waals surface area (Å²) in [5.41, 5.74) is 3.45. The minimum Gasteiger partial charge on any atom is -0.348 e. The molecule has 0 radical (unpaired) electrons. The van der Waals surface area contributed by atoms with Gasteiger partial charge in [0, 0.05) is 18.7 Å². The summed E-state index contributed by atoms with van der Waals surface area (Å²) in [5, 5.41) is 3.05. The molecule has 1 aromatic carbocycles. The van der Waals surface area contributed by atoms with Gasteiger partial charge >= 0.3 is 0 Å². The van der Waals surface area contributed by atoms with Gasteiger partial charge in [0.15, 0.2) is 0 Å². The van der Waals surface area contributed by atoms with Gasteiger partial charge in [0.1, 0.15) is 0 Å². The zero-order valence-corrected chi connectivity index (χ0v) is 14.0. The molecule has 1 aliphatic carbocycles. The van der Waals surface area contributed by atoms with E-state index in [0.717, 1.165) is 24.9 Å². The van der Waals surface area contributed by atoms with Gasteiger partial charge in [-0.2, -0.15) is 0 Å². The molecule has 0 spiro atoms. The summed E-state index contributed by atoms with van der Waals surface area (Å²) in [6, 6.07) is 8.13. The number of piperidine rings is 1. The van der Waals surface area contributed by atoms with Gasteiger partial charge in [0.05, 0.1) is 0 Å². The third kappa shape index (κ3) is 4.93. The van der Waals surface area contributed by atoms with E-state index >= 15 is 0 Å². The number of nitrogens with zero attached hydrogens (tertiary/aromatic N) is 1. The third-order valence-corrected chi connectivity index (χ3v) is 4.93. The maximum Gasteiger partial charge on any atom is 0.251 e. The van der Waals surface area contributed by atoms with Crippen LogP contribution < -0.4 is 5.32 Å². The van der Waals surface area contributed by atoms with Crippen LogP contribution in [0.1, 0.15) is 60.9 Å². The molecule has 1 aromatic rings. The summed E-state index contributed by atoms with van der Waals surface area (Å²) >= 11 is 0. The van der Waals surface area contributed by atoms with Crippen LogP contribution in [0.15, 0.2) is 35.9 Å². The number of hydrogen-bond donors (Lipinski definition) is 1. The Bertz CT molecular complexity index is 541. The Morgan fingerprint density at radius 2 is 1.78 bits per heavy atom. The molecule has 0 aromatic heterocycles. The zero-order valence-electron chi connectivity index (χ0n) is 14.0. The van der Waals surface area contributed by atoms with E-state index in [1.54, 1.807) is 0 Å². The fraction of sp³-hybridized carbons (Fsp3) is 0.550. The van der Waals surface area contributed by atoms with Crippen LogP contribution in [0.25, 0.3) is 0 Å². The Balaban J connectivity index is 1.49. The molecule has 1 aliphatic heterocycles. The largest absolute Gasteiger partial charge is 0.348 e. The van der Waals surface area contributed by atoms with Crippen molar-refractivity contribution < 1.29 is 4.79 Å². The first kappa shape index (κ1) is 16.3. The van der Waals surface area contributed by atoms with Crippen LogP contribution >= 0.6 is 0 Å². The molecule has 2 aliphatic rings. The Kier molecular flexibility index (Phi) is 5.87. The highest BCUT2D eigenvalue weighted by molar-refractivity contribution is 5.94. The topological polar surface area (TPSA) is 32.3 Å². The van der Waals surface area contributed by atoms with Crippen LogP contribution in [-0.2, 0) is 6.54 Å². The fourth-order valence-electron chi connectivity index (χ4n) is 3.50. The minimum atomic E-state index is 0.0426. The quantitative estimate of drug-likeness (QED) is 0.836. The summed E-state index contributed by atoms with van der Waals surface area (Å²) in [6.07, 6.45) is 11.1. The summed E-state index contributed by atoms with van der Waals surface area (Å²) in [5.74, 6) is 0.0426. The van der Waals surface area contributed by atoms with Crippen molar-refractivity contribution in [2.75, 3.05) is 19.6 Å². The predicted octanol–water partition coefficient (Wildman–Crippen LogP) is 3.90. The molecule has 0 bridgehead atoms. The summed E-state index contributed by atoms with van der Waals surface area (Å²) in [6.45, 7) is 4.12. The van der Waals surface area contributed by atoms with Gasteiger partial charge in [0.25, 0.3) is 5.91 Å². The number of hydrogen-bond acceptors (Lipinski definition) is 2. The van der Waals surface area contributed by atoms with Crippen molar-refractivity contribution in [3.8, 4) is 0 Å².